The van der Waals surface area contributed by atoms with Crippen LogP contribution >= 0.6 is 0 Å². The highest BCUT2D eigenvalue weighted by atomic mass is 19.1. The van der Waals surface area contributed by atoms with Gasteiger partial charge in [-0.1, -0.05) is 18.2 Å². The largest absolute Gasteiger partial charge is 0.497 e. The number of rotatable bonds is 9. The maximum Gasteiger partial charge on any atom is 0.256 e. The van der Waals surface area contributed by atoms with Crippen LogP contribution in [0.25, 0.3) is 0 Å². The molecule has 0 bridgehead atoms. The summed E-state index contributed by atoms with van der Waals surface area (Å²) in [5.41, 5.74) is 0.795. The maximum absolute atomic E-state index is 14.2. The van der Waals surface area contributed by atoms with Crippen molar-refractivity contribution in [2.45, 2.75) is 12.3 Å². The third-order valence-corrected chi connectivity index (χ3v) is 5.71. The standard InChI is InChI=1S/C24H29FN2O5/c1-30-12-6-11-26-23(28)20-15-27(24(29)18-7-4-5-8-21(18)25)14-19(20)17-10-9-16(31-2)13-22(17)32-3/h4-5,7-10,13,19-20H,6,11-12,14-15H2,1-3H3,(H,26,28)/t19-,20+/m0/s1. The van der Waals surface area contributed by atoms with E-state index in [4.69, 9.17) is 14.2 Å². The second-order valence-corrected chi connectivity index (χ2v) is 7.65. The minimum atomic E-state index is -0.580. The second kappa shape index (κ2) is 10.9. The first-order valence-electron chi connectivity index (χ1n) is 10.5. The number of nitrogens with zero attached hydrogens (tertiary/aromatic N) is 1. The minimum absolute atomic E-state index is 0.00546. The van der Waals surface area contributed by atoms with Crippen LogP contribution in [-0.4, -0.2) is 64.3 Å². The Morgan fingerprint density at radius 3 is 2.56 bits per heavy atom. The molecule has 0 aliphatic carbocycles. The van der Waals surface area contributed by atoms with Gasteiger partial charge in [0.1, 0.15) is 17.3 Å². The molecule has 2 amide bonds. The molecule has 0 unspecified atom stereocenters. The Balaban J connectivity index is 1.88. The van der Waals surface area contributed by atoms with E-state index >= 15 is 0 Å². The zero-order chi connectivity index (χ0) is 23.1. The van der Waals surface area contributed by atoms with Crippen LogP contribution < -0.4 is 14.8 Å². The van der Waals surface area contributed by atoms with E-state index in [1.54, 1.807) is 39.5 Å². The van der Waals surface area contributed by atoms with E-state index < -0.39 is 17.6 Å². The molecule has 2 atom stereocenters. The third-order valence-electron chi connectivity index (χ3n) is 5.71. The molecule has 1 heterocycles. The third kappa shape index (κ3) is 5.19. The molecule has 1 N–H and O–H groups in total. The molecule has 32 heavy (non-hydrogen) atoms. The lowest BCUT2D eigenvalue weighted by Gasteiger charge is -2.21. The van der Waals surface area contributed by atoms with Crippen molar-refractivity contribution in [2.75, 3.05) is 47.6 Å². The van der Waals surface area contributed by atoms with Gasteiger partial charge < -0.3 is 24.4 Å². The average molecular weight is 445 g/mol. The predicted octanol–water partition coefficient (Wildman–Crippen LogP) is 2.85. The monoisotopic (exact) mass is 444 g/mol. The first-order valence-corrected chi connectivity index (χ1v) is 10.5. The molecule has 0 aromatic heterocycles. The molecule has 7 nitrogen and oxygen atoms in total. The fourth-order valence-corrected chi connectivity index (χ4v) is 4.04. The fourth-order valence-electron chi connectivity index (χ4n) is 4.04. The molecular weight excluding hydrogens is 415 g/mol. The van der Waals surface area contributed by atoms with Crippen molar-refractivity contribution in [3.63, 3.8) is 0 Å². The number of carbonyl (C=O) groups is 2. The van der Waals surface area contributed by atoms with Gasteiger partial charge >= 0.3 is 0 Å². The Labute approximate surface area is 187 Å². The summed E-state index contributed by atoms with van der Waals surface area (Å²) in [5, 5.41) is 2.93. The topological polar surface area (TPSA) is 77.1 Å². The molecular formula is C24H29FN2O5. The van der Waals surface area contributed by atoms with Gasteiger partial charge in [-0.15, -0.1) is 0 Å². The Hall–Kier alpha value is -3.13. The molecule has 2 aromatic carbocycles. The first-order chi connectivity index (χ1) is 15.5. The summed E-state index contributed by atoms with van der Waals surface area (Å²) in [4.78, 5) is 27.6. The Kier molecular flexibility index (Phi) is 8.05. The maximum atomic E-state index is 14.2. The SMILES string of the molecule is COCCCNC(=O)[C@@H]1CN(C(=O)c2ccccc2F)C[C@H]1c1ccc(OC)cc1OC. The van der Waals surface area contributed by atoms with Gasteiger partial charge in [0.25, 0.3) is 5.91 Å². The van der Waals surface area contributed by atoms with Crippen molar-refractivity contribution >= 4 is 11.8 Å². The van der Waals surface area contributed by atoms with Crippen LogP contribution in [-0.2, 0) is 9.53 Å². The number of hydrogen-bond donors (Lipinski definition) is 1. The van der Waals surface area contributed by atoms with Gasteiger partial charge in [-0.2, -0.15) is 0 Å². The van der Waals surface area contributed by atoms with Crippen LogP contribution in [0.3, 0.4) is 0 Å². The van der Waals surface area contributed by atoms with E-state index in [0.717, 1.165) is 5.56 Å². The number of hydrogen-bond acceptors (Lipinski definition) is 5. The van der Waals surface area contributed by atoms with Crippen molar-refractivity contribution in [1.82, 2.24) is 10.2 Å². The summed E-state index contributed by atoms with van der Waals surface area (Å²) in [6.45, 7) is 1.46. The highest BCUT2D eigenvalue weighted by Gasteiger charge is 2.42. The van der Waals surface area contributed by atoms with Gasteiger partial charge in [-0.3, -0.25) is 9.59 Å². The predicted molar refractivity (Wildman–Crippen MR) is 118 cm³/mol. The Morgan fingerprint density at radius 1 is 1.09 bits per heavy atom. The first kappa shape index (κ1) is 23.5. The van der Waals surface area contributed by atoms with E-state index in [2.05, 4.69) is 5.32 Å². The molecule has 0 spiro atoms. The Morgan fingerprint density at radius 2 is 1.88 bits per heavy atom. The smallest absolute Gasteiger partial charge is 0.256 e. The number of amides is 2. The lowest BCUT2D eigenvalue weighted by molar-refractivity contribution is -0.124. The molecule has 1 saturated heterocycles. The van der Waals surface area contributed by atoms with Crippen molar-refractivity contribution in [2.24, 2.45) is 5.92 Å². The fraction of sp³-hybridized carbons (Fsp3) is 0.417. The second-order valence-electron chi connectivity index (χ2n) is 7.65. The number of ether oxygens (including phenoxy) is 3. The van der Waals surface area contributed by atoms with Crippen molar-refractivity contribution in [3.05, 3.63) is 59.4 Å². The van der Waals surface area contributed by atoms with Crippen molar-refractivity contribution in [1.29, 1.82) is 0 Å². The number of halogens is 1. The molecule has 1 fully saturated rings. The van der Waals surface area contributed by atoms with Crippen LogP contribution in [0.2, 0.25) is 0 Å². The lowest BCUT2D eigenvalue weighted by Crippen LogP contribution is -2.36. The highest BCUT2D eigenvalue weighted by Crippen LogP contribution is 2.39. The normalized spacial score (nSPS) is 17.8. The van der Waals surface area contributed by atoms with E-state index in [1.807, 2.05) is 6.07 Å². The Bertz CT molecular complexity index is 952. The zero-order valence-corrected chi connectivity index (χ0v) is 18.6. The molecule has 3 rings (SSSR count). The van der Waals surface area contributed by atoms with Gasteiger partial charge in [0.05, 0.1) is 25.7 Å². The number of carbonyl (C=O) groups excluding carboxylic acids is 2. The minimum Gasteiger partial charge on any atom is -0.497 e. The molecule has 8 heteroatoms. The molecule has 1 aliphatic heterocycles. The van der Waals surface area contributed by atoms with E-state index in [0.29, 0.717) is 31.1 Å². The van der Waals surface area contributed by atoms with E-state index in [-0.39, 0.29) is 30.5 Å². The highest BCUT2D eigenvalue weighted by molar-refractivity contribution is 5.95. The van der Waals surface area contributed by atoms with E-state index in [9.17, 15) is 14.0 Å². The van der Waals surface area contributed by atoms with Crippen LogP contribution in [0.4, 0.5) is 4.39 Å². The molecule has 1 aliphatic rings. The number of likely N-dealkylation sites (tertiary alicyclic amines) is 1. The summed E-state index contributed by atoms with van der Waals surface area (Å²) in [7, 11) is 4.72. The van der Waals surface area contributed by atoms with Crippen molar-refractivity contribution < 1.29 is 28.2 Å². The summed E-state index contributed by atoms with van der Waals surface area (Å²) in [5.74, 6) is -0.786. The zero-order valence-electron chi connectivity index (χ0n) is 18.6. The van der Waals surface area contributed by atoms with Gasteiger partial charge in [0.15, 0.2) is 0 Å². The number of methoxy groups -OCH3 is 3. The van der Waals surface area contributed by atoms with Gasteiger partial charge in [0.2, 0.25) is 5.91 Å². The number of nitrogens with one attached hydrogen (secondary N) is 1. The summed E-state index contributed by atoms with van der Waals surface area (Å²) < 4.78 is 30.1. The molecule has 0 radical (unpaired) electrons. The van der Waals surface area contributed by atoms with Crippen LogP contribution in [0.5, 0.6) is 11.5 Å². The van der Waals surface area contributed by atoms with Gasteiger partial charge in [-0.25, -0.2) is 4.39 Å². The quantitative estimate of drug-likeness (QED) is 0.602. The van der Waals surface area contributed by atoms with E-state index in [1.165, 1.54) is 23.1 Å². The molecule has 172 valence electrons. The number of benzene rings is 2. The summed E-state index contributed by atoms with van der Waals surface area (Å²) in [6, 6.07) is 11.3. The van der Waals surface area contributed by atoms with Crippen LogP contribution in [0.15, 0.2) is 42.5 Å². The lowest BCUT2D eigenvalue weighted by atomic mass is 9.87. The van der Waals surface area contributed by atoms with Crippen LogP contribution in [0.1, 0.15) is 28.3 Å². The summed E-state index contributed by atoms with van der Waals surface area (Å²) >= 11 is 0. The van der Waals surface area contributed by atoms with Gasteiger partial charge in [0, 0.05) is 50.9 Å². The van der Waals surface area contributed by atoms with Crippen molar-refractivity contribution in [3.8, 4) is 11.5 Å². The summed E-state index contributed by atoms with van der Waals surface area (Å²) in [6.07, 6.45) is 0.684. The van der Waals surface area contributed by atoms with Crippen LogP contribution in [0, 0.1) is 11.7 Å². The molecule has 2 aromatic rings. The van der Waals surface area contributed by atoms with Gasteiger partial charge in [-0.05, 0) is 24.6 Å². The average Bonchev–Trinajstić information content (AvgIpc) is 3.26. The molecule has 0 saturated carbocycles.